The molecule has 0 aliphatic heterocycles. The van der Waals surface area contributed by atoms with Crippen LogP contribution >= 0.6 is 11.6 Å². The second-order valence-corrected chi connectivity index (χ2v) is 5.21. The van der Waals surface area contributed by atoms with E-state index in [1.807, 2.05) is 0 Å². The molecule has 0 aromatic heterocycles. The number of hydrogen-bond donors (Lipinski definition) is 1. The number of nitrogens with zero attached hydrogens (tertiary/aromatic N) is 1. The van der Waals surface area contributed by atoms with Gasteiger partial charge in [0.1, 0.15) is 12.4 Å². The lowest BCUT2D eigenvalue weighted by molar-refractivity contribution is -0.307. The number of carbonyl (C=O) groups excluding carboxylic acids is 2. The fraction of sp³-hybridized carbons (Fsp3) is 0.118. The Balaban J connectivity index is 2.01. The topological polar surface area (TPSA) is 90.8 Å². The van der Waals surface area contributed by atoms with Crippen LogP contribution in [-0.4, -0.2) is 24.2 Å². The van der Waals surface area contributed by atoms with E-state index in [4.69, 9.17) is 16.3 Å². The average molecular weight is 346 g/mol. The van der Waals surface area contributed by atoms with Crippen LogP contribution in [0.3, 0.4) is 0 Å². The Morgan fingerprint density at radius 1 is 1.17 bits per heavy atom. The summed E-state index contributed by atoms with van der Waals surface area (Å²) in [7, 11) is 0. The number of carboxylic acids is 1. The highest BCUT2D eigenvalue weighted by atomic mass is 35.5. The third-order valence-electron chi connectivity index (χ3n) is 3.07. The number of benzene rings is 2. The standard InChI is InChI=1S/C17H15ClN2O4/c1-11(12-6-8-13(9-7-12)24-10-16(21)22)19-20-17(23)14-4-2-3-5-15(14)18/h2-9H,10H2,1H3,(H,20,23)(H,21,22)/p-1/b19-11-. The van der Waals surface area contributed by atoms with Gasteiger partial charge in [-0.1, -0.05) is 23.7 Å². The van der Waals surface area contributed by atoms with Crippen LogP contribution in [-0.2, 0) is 4.79 Å². The van der Waals surface area contributed by atoms with Crippen molar-refractivity contribution >= 4 is 29.2 Å². The molecule has 0 radical (unpaired) electrons. The van der Waals surface area contributed by atoms with Gasteiger partial charge in [-0.25, -0.2) is 5.43 Å². The largest absolute Gasteiger partial charge is 0.546 e. The summed E-state index contributed by atoms with van der Waals surface area (Å²) in [5, 5.41) is 14.7. The fourth-order valence-electron chi connectivity index (χ4n) is 1.84. The summed E-state index contributed by atoms with van der Waals surface area (Å²) in [6, 6.07) is 13.3. The van der Waals surface area contributed by atoms with Gasteiger partial charge < -0.3 is 14.6 Å². The number of carboxylic acid groups (broad SMARTS) is 1. The van der Waals surface area contributed by atoms with Crippen LogP contribution in [0, 0.1) is 0 Å². The Bertz CT molecular complexity index is 772. The minimum atomic E-state index is -1.29. The van der Waals surface area contributed by atoms with E-state index in [0.717, 1.165) is 5.56 Å². The number of hydrogen-bond acceptors (Lipinski definition) is 5. The summed E-state index contributed by atoms with van der Waals surface area (Å²) < 4.78 is 4.99. The van der Waals surface area contributed by atoms with Crippen LogP contribution in [0.4, 0.5) is 0 Å². The van der Waals surface area contributed by atoms with E-state index in [-0.39, 0.29) is 0 Å². The summed E-state index contributed by atoms with van der Waals surface area (Å²) in [6.07, 6.45) is 0. The van der Waals surface area contributed by atoms with Gasteiger partial charge in [-0.3, -0.25) is 4.79 Å². The van der Waals surface area contributed by atoms with Crippen molar-refractivity contribution in [2.45, 2.75) is 6.92 Å². The number of halogens is 1. The molecule has 6 nitrogen and oxygen atoms in total. The number of hydrazone groups is 1. The fourth-order valence-corrected chi connectivity index (χ4v) is 2.06. The number of nitrogens with one attached hydrogen (secondary N) is 1. The van der Waals surface area contributed by atoms with Gasteiger partial charge in [-0.15, -0.1) is 0 Å². The number of amides is 1. The Morgan fingerprint density at radius 3 is 2.46 bits per heavy atom. The molecule has 0 unspecified atom stereocenters. The van der Waals surface area contributed by atoms with Gasteiger partial charge >= 0.3 is 0 Å². The molecule has 0 bridgehead atoms. The van der Waals surface area contributed by atoms with Crippen molar-refractivity contribution in [1.29, 1.82) is 0 Å². The Kier molecular flexibility index (Phi) is 5.92. The Morgan fingerprint density at radius 2 is 1.83 bits per heavy atom. The minimum absolute atomic E-state index is 0.335. The Labute approximate surface area is 143 Å². The molecule has 0 aliphatic rings. The highest BCUT2D eigenvalue weighted by molar-refractivity contribution is 6.33. The van der Waals surface area contributed by atoms with E-state index in [1.54, 1.807) is 55.5 Å². The van der Waals surface area contributed by atoms with E-state index in [1.165, 1.54) is 0 Å². The summed E-state index contributed by atoms with van der Waals surface area (Å²) in [6.45, 7) is 1.21. The molecule has 24 heavy (non-hydrogen) atoms. The van der Waals surface area contributed by atoms with Crippen molar-refractivity contribution in [1.82, 2.24) is 5.43 Å². The van der Waals surface area contributed by atoms with E-state index in [0.29, 0.717) is 22.0 Å². The van der Waals surface area contributed by atoms with Gasteiger partial charge in [0, 0.05) is 0 Å². The monoisotopic (exact) mass is 345 g/mol. The van der Waals surface area contributed by atoms with Crippen molar-refractivity contribution in [2.24, 2.45) is 5.10 Å². The SMILES string of the molecule is C/C(=N/NC(=O)c1ccccc1Cl)c1ccc(OCC(=O)[O-])cc1. The maximum absolute atomic E-state index is 12.0. The van der Waals surface area contributed by atoms with Gasteiger partial charge in [-0.2, -0.15) is 5.10 Å². The molecule has 2 rings (SSSR count). The zero-order chi connectivity index (χ0) is 17.5. The molecular weight excluding hydrogens is 332 g/mol. The molecule has 0 saturated heterocycles. The van der Waals surface area contributed by atoms with Crippen LogP contribution in [0.1, 0.15) is 22.8 Å². The average Bonchev–Trinajstić information content (AvgIpc) is 2.58. The lowest BCUT2D eigenvalue weighted by atomic mass is 10.1. The molecular formula is C17H14ClN2O4-. The van der Waals surface area contributed by atoms with Crippen LogP contribution in [0.25, 0.3) is 0 Å². The predicted molar refractivity (Wildman–Crippen MR) is 88.1 cm³/mol. The summed E-state index contributed by atoms with van der Waals surface area (Å²) >= 11 is 5.95. The highest BCUT2D eigenvalue weighted by Crippen LogP contribution is 2.15. The first-order valence-corrected chi connectivity index (χ1v) is 7.37. The van der Waals surface area contributed by atoms with E-state index < -0.39 is 18.5 Å². The molecule has 0 atom stereocenters. The van der Waals surface area contributed by atoms with Crippen molar-refractivity contribution in [2.75, 3.05) is 6.61 Å². The van der Waals surface area contributed by atoms with Crippen molar-refractivity contribution in [3.8, 4) is 5.75 Å². The zero-order valence-corrected chi connectivity index (χ0v) is 13.5. The Hall–Kier alpha value is -2.86. The molecule has 0 aliphatic carbocycles. The lowest BCUT2D eigenvalue weighted by Crippen LogP contribution is -2.28. The summed E-state index contributed by atoms with van der Waals surface area (Å²) in [5.41, 5.74) is 4.09. The second kappa shape index (κ2) is 8.12. The molecule has 0 spiro atoms. The summed E-state index contributed by atoms with van der Waals surface area (Å²) in [4.78, 5) is 22.4. The molecule has 0 heterocycles. The molecule has 0 saturated carbocycles. The minimum Gasteiger partial charge on any atom is -0.546 e. The van der Waals surface area contributed by atoms with Gasteiger partial charge in [0.15, 0.2) is 0 Å². The van der Waals surface area contributed by atoms with Gasteiger partial charge in [0.25, 0.3) is 5.91 Å². The van der Waals surface area contributed by atoms with Gasteiger partial charge in [0.05, 0.1) is 22.3 Å². The van der Waals surface area contributed by atoms with E-state index in [2.05, 4.69) is 10.5 Å². The highest BCUT2D eigenvalue weighted by Gasteiger charge is 2.08. The van der Waals surface area contributed by atoms with Crippen LogP contribution in [0.15, 0.2) is 53.6 Å². The molecule has 1 N–H and O–H groups in total. The maximum atomic E-state index is 12.0. The van der Waals surface area contributed by atoms with Crippen LogP contribution in [0.5, 0.6) is 5.75 Å². The van der Waals surface area contributed by atoms with Crippen molar-refractivity contribution in [3.05, 3.63) is 64.7 Å². The quantitative estimate of drug-likeness (QED) is 0.636. The normalized spacial score (nSPS) is 11.0. The van der Waals surface area contributed by atoms with Gasteiger partial charge in [0.2, 0.25) is 0 Å². The van der Waals surface area contributed by atoms with Crippen LogP contribution < -0.4 is 15.3 Å². The third-order valence-corrected chi connectivity index (χ3v) is 3.40. The molecule has 2 aromatic carbocycles. The zero-order valence-electron chi connectivity index (χ0n) is 12.8. The molecule has 0 fully saturated rings. The number of ether oxygens (including phenoxy) is 1. The number of aliphatic carboxylic acids is 1. The summed E-state index contributed by atoms with van der Waals surface area (Å²) in [5.74, 6) is -1.30. The molecule has 124 valence electrons. The maximum Gasteiger partial charge on any atom is 0.272 e. The molecule has 2 aromatic rings. The number of rotatable bonds is 6. The lowest BCUT2D eigenvalue weighted by Gasteiger charge is -2.08. The van der Waals surface area contributed by atoms with Crippen LogP contribution in [0.2, 0.25) is 5.02 Å². The smallest absolute Gasteiger partial charge is 0.272 e. The predicted octanol–water partition coefficient (Wildman–Crippen LogP) is 1.62. The first-order chi connectivity index (χ1) is 11.5. The van der Waals surface area contributed by atoms with Gasteiger partial charge in [-0.05, 0) is 48.9 Å². The molecule has 7 heteroatoms. The van der Waals surface area contributed by atoms with E-state index in [9.17, 15) is 14.7 Å². The first-order valence-electron chi connectivity index (χ1n) is 6.99. The van der Waals surface area contributed by atoms with Crippen molar-refractivity contribution < 1.29 is 19.4 Å². The first kappa shape index (κ1) is 17.5. The van der Waals surface area contributed by atoms with Crippen molar-refractivity contribution in [3.63, 3.8) is 0 Å². The number of carbonyl (C=O) groups is 2. The van der Waals surface area contributed by atoms with E-state index >= 15 is 0 Å². The third kappa shape index (κ3) is 4.82. The molecule has 1 amide bonds. The second-order valence-electron chi connectivity index (χ2n) is 4.80.